The lowest BCUT2D eigenvalue weighted by atomic mass is 10.0. The van der Waals surface area contributed by atoms with E-state index in [2.05, 4.69) is 5.32 Å². The van der Waals surface area contributed by atoms with Crippen molar-refractivity contribution in [1.29, 1.82) is 5.26 Å². The van der Waals surface area contributed by atoms with Gasteiger partial charge < -0.3 is 19.9 Å². The monoisotopic (exact) mass is 398 g/mol. The Labute approximate surface area is 167 Å². The molecule has 1 aliphatic heterocycles. The highest BCUT2D eigenvalue weighted by Gasteiger charge is 2.33. The highest BCUT2D eigenvalue weighted by Crippen LogP contribution is 2.40. The molecule has 152 valence electrons. The number of pyridine rings is 1. The number of carboxylic acid groups (broad SMARTS) is 1. The normalized spacial score (nSPS) is 19.9. The zero-order chi connectivity index (χ0) is 20.9. The van der Waals surface area contributed by atoms with Gasteiger partial charge in [0.05, 0.1) is 16.8 Å². The molecule has 4 rings (SSSR count). The van der Waals surface area contributed by atoms with E-state index < -0.39 is 11.9 Å². The Morgan fingerprint density at radius 3 is 2.72 bits per heavy atom. The van der Waals surface area contributed by atoms with Crippen LogP contribution in [0.1, 0.15) is 43.4 Å². The van der Waals surface area contributed by atoms with Gasteiger partial charge >= 0.3 is 6.09 Å². The average molecular weight is 398 g/mol. The van der Waals surface area contributed by atoms with Crippen LogP contribution >= 0.6 is 0 Å². The molecule has 1 saturated heterocycles. The molecule has 0 spiro atoms. The van der Waals surface area contributed by atoms with Gasteiger partial charge in [-0.05, 0) is 50.7 Å². The van der Waals surface area contributed by atoms with Gasteiger partial charge in [-0.25, -0.2) is 9.18 Å². The maximum atomic E-state index is 15.2. The van der Waals surface area contributed by atoms with Crippen molar-refractivity contribution in [2.45, 2.75) is 45.2 Å². The summed E-state index contributed by atoms with van der Waals surface area (Å²) in [6.45, 7) is 4.74. The smallest absolute Gasteiger partial charge is 0.404 e. The fourth-order valence-electron chi connectivity index (χ4n) is 4.54. The molecule has 2 N–H and O–H groups in total. The third-order valence-corrected chi connectivity index (χ3v) is 6.13. The first-order valence-corrected chi connectivity index (χ1v) is 9.84. The van der Waals surface area contributed by atoms with E-state index in [9.17, 15) is 14.9 Å². The maximum absolute atomic E-state index is 15.2. The molecule has 2 aliphatic rings. The quantitative estimate of drug-likeness (QED) is 0.824. The molecule has 1 aromatic carbocycles. The first-order chi connectivity index (χ1) is 13.8. The summed E-state index contributed by atoms with van der Waals surface area (Å²) in [5, 5.41) is 21.4. The molecule has 2 aromatic rings. The lowest BCUT2D eigenvalue weighted by Gasteiger charge is -2.25. The van der Waals surface area contributed by atoms with Gasteiger partial charge in [0.15, 0.2) is 0 Å². The van der Waals surface area contributed by atoms with Crippen LogP contribution in [0.25, 0.3) is 10.9 Å². The molecule has 7 nitrogen and oxygen atoms in total. The van der Waals surface area contributed by atoms with Crippen LogP contribution in [0.4, 0.5) is 14.9 Å². The molecule has 0 bridgehead atoms. The van der Waals surface area contributed by atoms with Gasteiger partial charge in [0, 0.05) is 36.6 Å². The zero-order valence-corrected chi connectivity index (χ0v) is 16.4. The molecule has 1 saturated carbocycles. The number of nitrogens with one attached hydrogen (secondary N) is 1. The Morgan fingerprint density at radius 2 is 2.10 bits per heavy atom. The maximum Gasteiger partial charge on any atom is 0.404 e. The number of rotatable bonds is 4. The van der Waals surface area contributed by atoms with Crippen molar-refractivity contribution in [3.8, 4) is 6.07 Å². The van der Waals surface area contributed by atoms with Gasteiger partial charge in [-0.2, -0.15) is 5.26 Å². The van der Waals surface area contributed by atoms with Crippen molar-refractivity contribution >= 4 is 22.7 Å². The van der Waals surface area contributed by atoms with Crippen molar-refractivity contribution in [3.05, 3.63) is 39.4 Å². The van der Waals surface area contributed by atoms with E-state index in [-0.39, 0.29) is 29.1 Å². The minimum atomic E-state index is -1.07. The number of anilines is 1. The second-order valence-electron chi connectivity index (χ2n) is 8.07. The summed E-state index contributed by atoms with van der Waals surface area (Å²) in [6.07, 6.45) is 1.47. The molecule has 2 heterocycles. The topological polar surface area (TPSA) is 98.4 Å². The number of hydrogen-bond acceptors (Lipinski definition) is 4. The number of fused-ring (bicyclic) bond motifs is 1. The predicted octanol–water partition coefficient (Wildman–Crippen LogP) is 3.14. The number of carbonyl (C=O) groups is 1. The van der Waals surface area contributed by atoms with Gasteiger partial charge in [-0.3, -0.25) is 4.79 Å². The molecule has 8 heteroatoms. The number of hydrogen-bond donors (Lipinski definition) is 2. The Bertz CT molecular complexity index is 1100. The van der Waals surface area contributed by atoms with Crippen LogP contribution in [0, 0.1) is 30.0 Å². The molecule has 2 fully saturated rings. The van der Waals surface area contributed by atoms with Crippen LogP contribution in [0.2, 0.25) is 0 Å². The van der Waals surface area contributed by atoms with Crippen molar-refractivity contribution in [2.24, 2.45) is 5.92 Å². The third kappa shape index (κ3) is 3.31. The lowest BCUT2D eigenvalue weighted by Crippen LogP contribution is -2.38. The summed E-state index contributed by atoms with van der Waals surface area (Å²) in [4.78, 5) is 25.5. The van der Waals surface area contributed by atoms with Crippen molar-refractivity contribution in [2.75, 3.05) is 18.0 Å². The summed E-state index contributed by atoms with van der Waals surface area (Å²) in [7, 11) is 0. The first kappa shape index (κ1) is 19.2. The van der Waals surface area contributed by atoms with Gasteiger partial charge in [-0.15, -0.1) is 0 Å². The highest BCUT2D eigenvalue weighted by molar-refractivity contribution is 5.92. The van der Waals surface area contributed by atoms with Crippen LogP contribution < -0.4 is 15.8 Å². The van der Waals surface area contributed by atoms with Crippen molar-refractivity contribution in [1.82, 2.24) is 9.88 Å². The van der Waals surface area contributed by atoms with E-state index in [1.807, 2.05) is 17.9 Å². The summed E-state index contributed by atoms with van der Waals surface area (Å²) in [5.74, 6) is -0.358. The average Bonchev–Trinajstić information content (AvgIpc) is 3.37. The third-order valence-electron chi connectivity index (χ3n) is 6.13. The van der Waals surface area contributed by atoms with Crippen LogP contribution in [0.15, 0.2) is 16.9 Å². The van der Waals surface area contributed by atoms with Gasteiger partial charge in [0.25, 0.3) is 5.56 Å². The molecule has 29 heavy (non-hydrogen) atoms. The summed E-state index contributed by atoms with van der Waals surface area (Å²) >= 11 is 0. The second-order valence-corrected chi connectivity index (χ2v) is 8.07. The minimum Gasteiger partial charge on any atom is -0.465 e. The minimum absolute atomic E-state index is 0.0664. The van der Waals surface area contributed by atoms with Crippen LogP contribution in [0.3, 0.4) is 0 Å². The molecule has 0 radical (unpaired) electrons. The van der Waals surface area contributed by atoms with Crippen LogP contribution in [-0.4, -0.2) is 34.9 Å². The largest absolute Gasteiger partial charge is 0.465 e. The van der Waals surface area contributed by atoms with E-state index in [0.717, 1.165) is 19.3 Å². The zero-order valence-electron chi connectivity index (χ0n) is 16.4. The van der Waals surface area contributed by atoms with Crippen molar-refractivity contribution in [3.63, 3.8) is 0 Å². The SMILES string of the molecule is Cc1c(N2CCC([C@H](C)NC(=O)O)C2)c(F)cc2c(C#N)cc(=O)n(C3CC3)c12. The number of nitriles is 1. The number of nitrogens with zero attached hydrogens (tertiary/aromatic N) is 3. The van der Waals surface area contributed by atoms with E-state index in [4.69, 9.17) is 5.11 Å². The molecule has 2 atom stereocenters. The first-order valence-electron chi connectivity index (χ1n) is 9.84. The Morgan fingerprint density at radius 1 is 1.38 bits per heavy atom. The molecule has 1 aliphatic carbocycles. The van der Waals surface area contributed by atoms with E-state index in [0.29, 0.717) is 35.2 Å². The number of aromatic nitrogens is 1. The highest BCUT2D eigenvalue weighted by atomic mass is 19.1. The van der Waals surface area contributed by atoms with Gasteiger partial charge in [-0.1, -0.05) is 0 Å². The summed E-state index contributed by atoms with van der Waals surface area (Å²) in [6, 6.07) is 4.54. The van der Waals surface area contributed by atoms with Crippen molar-refractivity contribution < 1.29 is 14.3 Å². The standard InChI is InChI=1S/C21H23FN4O3/c1-11-19-16(14(9-23)7-18(27)26(19)15-3-4-15)8-17(22)20(11)25-6-5-13(10-25)12(2)24-21(28)29/h7-8,12-13,15,24H,3-6,10H2,1-2H3,(H,28,29)/t12-,13?/m0/s1. The number of aryl methyl sites for hydroxylation is 1. The Hall–Kier alpha value is -3.08. The lowest BCUT2D eigenvalue weighted by molar-refractivity contribution is 0.186. The van der Waals surface area contributed by atoms with E-state index in [1.54, 1.807) is 11.5 Å². The van der Waals surface area contributed by atoms with Gasteiger partial charge in [0.1, 0.15) is 11.9 Å². The van der Waals surface area contributed by atoms with Crippen LogP contribution in [0.5, 0.6) is 0 Å². The summed E-state index contributed by atoms with van der Waals surface area (Å²) < 4.78 is 16.9. The molecule has 1 amide bonds. The molecule has 1 unspecified atom stereocenters. The Balaban J connectivity index is 1.81. The van der Waals surface area contributed by atoms with Crippen LogP contribution in [-0.2, 0) is 0 Å². The number of benzene rings is 1. The number of halogens is 1. The van der Waals surface area contributed by atoms with E-state index >= 15 is 4.39 Å². The predicted molar refractivity (Wildman–Crippen MR) is 107 cm³/mol. The second kappa shape index (κ2) is 7.07. The van der Waals surface area contributed by atoms with E-state index in [1.165, 1.54) is 12.1 Å². The fourth-order valence-corrected chi connectivity index (χ4v) is 4.54. The Kier molecular flexibility index (Phi) is 4.69. The fraction of sp³-hybridized carbons (Fsp3) is 0.476. The molecular weight excluding hydrogens is 375 g/mol. The summed E-state index contributed by atoms with van der Waals surface area (Å²) in [5.41, 5.74) is 1.69. The van der Waals surface area contributed by atoms with Gasteiger partial charge in [0.2, 0.25) is 0 Å². The molecule has 1 aromatic heterocycles. The molecular formula is C21H23FN4O3. The number of amides is 1.